The number of rotatable bonds is 12. The van der Waals surface area contributed by atoms with Crippen molar-refractivity contribution in [3.8, 4) is 11.5 Å². The van der Waals surface area contributed by atoms with Gasteiger partial charge in [-0.2, -0.15) is 17.6 Å². The van der Waals surface area contributed by atoms with Gasteiger partial charge in [-0.1, -0.05) is 19.1 Å². The molecule has 0 fully saturated rings. The molecule has 174 valence electrons. The van der Waals surface area contributed by atoms with Gasteiger partial charge in [-0.15, -0.1) is 0 Å². The first-order valence-corrected chi connectivity index (χ1v) is 10.2. The van der Waals surface area contributed by atoms with Gasteiger partial charge < -0.3 is 14.2 Å². The Morgan fingerprint density at radius 2 is 1.40 bits per heavy atom. The van der Waals surface area contributed by atoms with Crippen molar-refractivity contribution in [3.05, 3.63) is 17.7 Å². The van der Waals surface area contributed by atoms with Gasteiger partial charge in [0, 0.05) is 15.8 Å². The Labute approximate surface area is 172 Å². The van der Waals surface area contributed by atoms with Gasteiger partial charge in [0.15, 0.2) is 11.5 Å². The molecule has 0 N–H and O–H groups in total. The summed E-state index contributed by atoms with van der Waals surface area (Å²) in [5, 5.41) is 0.741. The lowest BCUT2D eigenvalue weighted by atomic mass is 10.0. The molecular weight excluding hydrogens is 444 g/mol. The summed E-state index contributed by atoms with van der Waals surface area (Å²) in [7, 11) is 0.519. The Morgan fingerprint density at radius 3 is 1.87 bits per heavy atom. The van der Waals surface area contributed by atoms with Crippen LogP contribution < -0.4 is 14.7 Å². The number of alkyl halides is 8. The molecule has 0 aliphatic rings. The van der Waals surface area contributed by atoms with Crippen molar-refractivity contribution >= 4 is 15.4 Å². The number of hydrogen-bond acceptors (Lipinski definition) is 3. The fourth-order valence-corrected chi connectivity index (χ4v) is 3.20. The summed E-state index contributed by atoms with van der Waals surface area (Å²) in [6.45, 7) is 5.07. The fraction of sp³-hybridized carbons (Fsp3) is 0.667. The molecule has 3 nitrogen and oxygen atoms in total. The lowest BCUT2D eigenvalue weighted by Gasteiger charge is -2.32. The van der Waals surface area contributed by atoms with E-state index in [0.717, 1.165) is 5.19 Å². The quantitative estimate of drug-likeness (QED) is 0.341. The van der Waals surface area contributed by atoms with Crippen LogP contribution in [0.3, 0.4) is 0 Å². The zero-order chi connectivity index (χ0) is 23.3. The van der Waals surface area contributed by atoms with Gasteiger partial charge >= 0.3 is 11.8 Å². The SMILES string of the molecule is CCOc1c([SiH3])ccc(C(CC)OC(F)C(F)(F)C(F)(F)C(F)C(F)F)c1OCC. The Balaban J connectivity index is 3.30. The van der Waals surface area contributed by atoms with Gasteiger partial charge in [0.25, 0.3) is 12.8 Å². The third-order valence-electron chi connectivity index (χ3n) is 4.22. The van der Waals surface area contributed by atoms with Crippen molar-refractivity contribution in [2.45, 2.75) is 64.1 Å². The molecule has 3 atom stereocenters. The highest BCUT2D eigenvalue weighted by molar-refractivity contribution is 6.34. The topological polar surface area (TPSA) is 27.7 Å². The molecule has 30 heavy (non-hydrogen) atoms. The monoisotopic (exact) mass is 468 g/mol. The van der Waals surface area contributed by atoms with Crippen LogP contribution in [0, 0.1) is 0 Å². The van der Waals surface area contributed by atoms with Crippen molar-refractivity contribution in [2.75, 3.05) is 13.2 Å². The van der Waals surface area contributed by atoms with E-state index in [9.17, 15) is 35.1 Å². The van der Waals surface area contributed by atoms with E-state index in [2.05, 4.69) is 4.74 Å². The van der Waals surface area contributed by atoms with Crippen LogP contribution in [-0.2, 0) is 4.74 Å². The molecule has 0 aliphatic heterocycles. The van der Waals surface area contributed by atoms with E-state index in [0.29, 0.717) is 16.0 Å². The number of benzene rings is 1. The van der Waals surface area contributed by atoms with Gasteiger partial charge in [0.1, 0.15) is 0 Å². The molecule has 0 bridgehead atoms. The maximum atomic E-state index is 14.1. The Kier molecular flexibility index (Phi) is 9.40. The maximum absolute atomic E-state index is 14.1. The summed E-state index contributed by atoms with van der Waals surface area (Å²) in [5.41, 5.74) is 0.0508. The van der Waals surface area contributed by atoms with E-state index in [1.54, 1.807) is 19.9 Å². The standard InChI is InChI=1S/C18H24F8O3Si/c1-4-10(9-7-8-11(30)13(28-6-3)12(9)27-5-2)29-16(22)18(25,26)17(23,24)14(19)15(20)21/h7-8,10,14-16H,4-6H2,1-3,30H3. The summed E-state index contributed by atoms with van der Waals surface area (Å²) >= 11 is 0. The third kappa shape index (κ3) is 5.37. The normalized spacial score (nSPS) is 15.9. The first-order valence-electron chi connectivity index (χ1n) is 9.23. The molecule has 3 unspecified atom stereocenters. The summed E-state index contributed by atoms with van der Waals surface area (Å²) in [6.07, 6.45) is -14.7. The van der Waals surface area contributed by atoms with E-state index < -0.39 is 36.9 Å². The molecule has 0 saturated carbocycles. The lowest BCUT2D eigenvalue weighted by Crippen LogP contribution is -2.56. The van der Waals surface area contributed by atoms with Crippen LogP contribution in [-0.4, -0.2) is 54.3 Å². The van der Waals surface area contributed by atoms with Crippen LogP contribution >= 0.6 is 0 Å². The second kappa shape index (κ2) is 10.6. The van der Waals surface area contributed by atoms with Crippen LogP contribution in [0.25, 0.3) is 0 Å². The summed E-state index contributed by atoms with van der Waals surface area (Å²) < 4.78 is 122. The van der Waals surface area contributed by atoms with Crippen LogP contribution in [0.15, 0.2) is 12.1 Å². The van der Waals surface area contributed by atoms with Gasteiger partial charge in [0.05, 0.1) is 19.3 Å². The molecule has 0 aromatic heterocycles. The minimum Gasteiger partial charge on any atom is -0.490 e. The largest absolute Gasteiger partial charge is 0.490 e. The van der Waals surface area contributed by atoms with Crippen LogP contribution in [0.5, 0.6) is 11.5 Å². The predicted octanol–water partition coefficient (Wildman–Crippen LogP) is 4.11. The van der Waals surface area contributed by atoms with E-state index >= 15 is 0 Å². The molecule has 0 saturated heterocycles. The van der Waals surface area contributed by atoms with Crippen molar-refractivity contribution in [2.24, 2.45) is 0 Å². The van der Waals surface area contributed by atoms with Gasteiger partial charge in [-0.3, -0.25) is 0 Å². The first-order chi connectivity index (χ1) is 13.9. The molecule has 0 spiro atoms. The highest BCUT2D eigenvalue weighted by Gasteiger charge is 2.69. The molecule has 0 amide bonds. The van der Waals surface area contributed by atoms with Gasteiger partial charge in [-0.05, 0) is 25.5 Å². The Hall–Kier alpha value is -1.56. The predicted molar refractivity (Wildman–Crippen MR) is 98.2 cm³/mol. The second-order valence-corrected chi connectivity index (χ2v) is 7.40. The number of halogens is 8. The van der Waals surface area contributed by atoms with Crippen molar-refractivity contribution in [3.63, 3.8) is 0 Å². The van der Waals surface area contributed by atoms with Crippen LogP contribution in [0.2, 0.25) is 0 Å². The lowest BCUT2D eigenvalue weighted by molar-refractivity contribution is -0.327. The molecule has 1 aromatic rings. The molecular formula is C18H24F8O3Si. The number of ether oxygens (including phenoxy) is 3. The van der Waals surface area contributed by atoms with Gasteiger partial charge in [-0.25, -0.2) is 17.6 Å². The van der Waals surface area contributed by atoms with Gasteiger partial charge in [0.2, 0.25) is 6.17 Å². The minimum absolute atomic E-state index is 0.0508. The number of hydrogen-bond donors (Lipinski definition) is 0. The zero-order valence-corrected chi connectivity index (χ0v) is 18.8. The highest BCUT2D eigenvalue weighted by atomic mass is 28.1. The maximum Gasteiger partial charge on any atom is 0.367 e. The van der Waals surface area contributed by atoms with Crippen molar-refractivity contribution < 1.29 is 49.3 Å². The minimum atomic E-state index is -5.99. The fourth-order valence-electron chi connectivity index (χ4n) is 2.66. The van der Waals surface area contributed by atoms with E-state index in [1.165, 1.54) is 13.0 Å². The van der Waals surface area contributed by atoms with Crippen molar-refractivity contribution in [1.29, 1.82) is 0 Å². The summed E-state index contributed by atoms with van der Waals surface area (Å²) in [4.78, 5) is 0. The van der Waals surface area contributed by atoms with E-state index in [-0.39, 0.29) is 30.9 Å². The Bertz CT molecular complexity index is 690. The molecule has 0 radical (unpaired) electrons. The first kappa shape index (κ1) is 26.5. The average Bonchev–Trinajstić information content (AvgIpc) is 2.68. The molecule has 1 rings (SSSR count). The van der Waals surface area contributed by atoms with E-state index in [1.807, 2.05) is 0 Å². The zero-order valence-electron chi connectivity index (χ0n) is 16.8. The summed E-state index contributed by atoms with van der Waals surface area (Å²) in [5.74, 6) is -11.5. The molecule has 12 heteroatoms. The molecule has 1 aromatic carbocycles. The molecule has 0 aliphatic carbocycles. The highest BCUT2D eigenvalue weighted by Crippen LogP contribution is 2.46. The van der Waals surface area contributed by atoms with E-state index in [4.69, 9.17) is 9.47 Å². The smallest absolute Gasteiger partial charge is 0.367 e. The third-order valence-corrected chi connectivity index (χ3v) is 5.00. The average molecular weight is 468 g/mol. The second-order valence-electron chi connectivity index (χ2n) is 6.33. The summed E-state index contributed by atoms with van der Waals surface area (Å²) in [6, 6.07) is 2.96. The van der Waals surface area contributed by atoms with Crippen LogP contribution in [0.4, 0.5) is 35.1 Å². The van der Waals surface area contributed by atoms with Crippen LogP contribution in [0.1, 0.15) is 38.9 Å². The Morgan fingerprint density at radius 1 is 0.867 bits per heavy atom. The molecule has 0 heterocycles. The van der Waals surface area contributed by atoms with Crippen molar-refractivity contribution in [1.82, 2.24) is 0 Å².